The topological polar surface area (TPSA) is 53.1 Å². The lowest BCUT2D eigenvalue weighted by Gasteiger charge is -2.14. The van der Waals surface area contributed by atoms with E-state index in [0.29, 0.717) is 23.5 Å². The van der Waals surface area contributed by atoms with Crippen molar-refractivity contribution < 1.29 is 9.13 Å². The van der Waals surface area contributed by atoms with Gasteiger partial charge in [-0.15, -0.1) is 0 Å². The van der Waals surface area contributed by atoms with Gasteiger partial charge in [0, 0.05) is 18.9 Å². The van der Waals surface area contributed by atoms with Gasteiger partial charge in [-0.1, -0.05) is 18.2 Å². The second-order valence-electron chi connectivity index (χ2n) is 4.84. The Labute approximate surface area is 122 Å². The first kappa shape index (κ1) is 13.7. The van der Waals surface area contributed by atoms with Crippen LogP contribution in [0.25, 0.3) is 16.7 Å². The highest BCUT2D eigenvalue weighted by atomic mass is 19.1. The van der Waals surface area contributed by atoms with Crippen LogP contribution in [0.15, 0.2) is 48.5 Å². The SMILES string of the molecule is COCC(N)c1nc2ccc(F)cc2n1-c1ccccc1. The molecule has 2 aromatic carbocycles. The third kappa shape index (κ3) is 2.53. The minimum absolute atomic E-state index is 0.300. The molecule has 0 radical (unpaired) electrons. The van der Waals surface area contributed by atoms with Gasteiger partial charge in [0.05, 0.1) is 23.7 Å². The minimum atomic E-state index is -0.384. The molecule has 108 valence electrons. The molecule has 21 heavy (non-hydrogen) atoms. The Morgan fingerprint density at radius 2 is 2.00 bits per heavy atom. The number of fused-ring (bicyclic) bond motifs is 1. The summed E-state index contributed by atoms with van der Waals surface area (Å²) >= 11 is 0. The molecule has 3 rings (SSSR count). The number of nitrogens with zero attached hydrogens (tertiary/aromatic N) is 2. The average molecular weight is 285 g/mol. The van der Waals surface area contributed by atoms with E-state index in [1.807, 2.05) is 34.9 Å². The zero-order valence-corrected chi connectivity index (χ0v) is 11.7. The summed E-state index contributed by atoms with van der Waals surface area (Å²) in [5.41, 5.74) is 8.45. The molecule has 1 atom stereocenters. The van der Waals surface area contributed by atoms with Gasteiger partial charge >= 0.3 is 0 Å². The average Bonchev–Trinajstić information content (AvgIpc) is 2.87. The highest BCUT2D eigenvalue weighted by Gasteiger charge is 2.18. The molecule has 0 bridgehead atoms. The van der Waals surface area contributed by atoms with E-state index in [4.69, 9.17) is 10.5 Å². The van der Waals surface area contributed by atoms with Crippen LogP contribution in [-0.4, -0.2) is 23.3 Å². The predicted molar refractivity (Wildman–Crippen MR) is 79.8 cm³/mol. The summed E-state index contributed by atoms with van der Waals surface area (Å²) in [6.07, 6.45) is 0. The summed E-state index contributed by atoms with van der Waals surface area (Å²) in [6, 6.07) is 13.8. The second kappa shape index (κ2) is 5.63. The zero-order chi connectivity index (χ0) is 14.8. The smallest absolute Gasteiger partial charge is 0.133 e. The maximum atomic E-state index is 13.6. The quantitative estimate of drug-likeness (QED) is 0.802. The predicted octanol–water partition coefficient (Wildman–Crippen LogP) is 2.81. The molecule has 0 saturated carbocycles. The van der Waals surface area contributed by atoms with Gasteiger partial charge in [0.25, 0.3) is 0 Å². The van der Waals surface area contributed by atoms with E-state index >= 15 is 0 Å². The molecule has 0 aliphatic rings. The van der Waals surface area contributed by atoms with E-state index < -0.39 is 0 Å². The van der Waals surface area contributed by atoms with Gasteiger partial charge in [0.2, 0.25) is 0 Å². The van der Waals surface area contributed by atoms with Crippen molar-refractivity contribution in [1.29, 1.82) is 0 Å². The molecule has 5 heteroatoms. The van der Waals surface area contributed by atoms with Crippen LogP contribution >= 0.6 is 0 Å². The third-order valence-corrected chi connectivity index (χ3v) is 3.33. The highest BCUT2D eigenvalue weighted by molar-refractivity contribution is 5.78. The number of rotatable bonds is 4. The highest BCUT2D eigenvalue weighted by Crippen LogP contribution is 2.25. The van der Waals surface area contributed by atoms with Crippen molar-refractivity contribution in [3.8, 4) is 5.69 Å². The van der Waals surface area contributed by atoms with Crippen LogP contribution in [0.3, 0.4) is 0 Å². The molecule has 1 unspecified atom stereocenters. The van der Waals surface area contributed by atoms with Crippen molar-refractivity contribution in [2.75, 3.05) is 13.7 Å². The first-order valence-corrected chi connectivity index (χ1v) is 6.68. The summed E-state index contributed by atoms with van der Waals surface area (Å²) in [5, 5.41) is 0. The van der Waals surface area contributed by atoms with E-state index in [9.17, 15) is 4.39 Å². The summed E-state index contributed by atoms with van der Waals surface area (Å²) in [4.78, 5) is 4.54. The second-order valence-corrected chi connectivity index (χ2v) is 4.84. The Morgan fingerprint density at radius 1 is 1.24 bits per heavy atom. The Kier molecular flexibility index (Phi) is 3.68. The number of benzene rings is 2. The Hall–Kier alpha value is -2.24. The van der Waals surface area contributed by atoms with Gasteiger partial charge in [0.1, 0.15) is 11.6 Å². The fourth-order valence-electron chi connectivity index (χ4n) is 2.42. The van der Waals surface area contributed by atoms with E-state index in [-0.39, 0.29) is 11.9 Å². The largest absolute Gasteiger partial charge is 0.383 e. The van der Waals surface area contributed by atoms with Crippen LogP contribution in [0.4, 0.5) is 4.39 Å². The summed E-state index contributed by atoms with van der Waals surface area (Å²) in [6.45, 7) is 0.346. The molecular weight excluding hydrogens is 269 g/mol. The van der Waals surface area contributed by atoms with Gasteiger partial charge in [-0.05, 0) is 24.3 Å². The molecule has 1 aromatic heterocycles. The van der Waals surface area contributed by atoms with Crippen LogP contribution in [0.2, 0.25) is 0 Å². The van der Waals surface area contributed by atoms with E-state index in [1.165, 1.54) is 12.1 Å². The summed E-state index contributed by atoms with van der Waals surface area (Å²) < 4.78 is 20.6. The van der Waals surface area contributed by atoms with Crippen molar-refractivity contribution in [2.45, 2.75) is 6.04 Å². The number of para-hydroxylation sites is 1. The number of hydrogen-bond donors (Lipinski definition) is 1. The molecule has 0 spiro atoms. The first-order chi connectivity index (χ1) is 10.2. The molecular formula is C16H16FN3O. The van der Waals surface area contributed by atoms with Crippen LogP contribution in [0, 0.1) is 5.82 Å². The monoisotopic (exact) mass is 285 g/mol. The van der Waals surface area contributed by atoms with Crippen LogP contribution in [0.1, 0.15) is 11.9 Å². The van der Waals surface area contributed by atoms with Gasteiger partial charge in [0.15, 0.2) is 0 Å². The molecule has 0 fully saturated rings. The standard InChI is InChI=1S/C16H16FN3O/c1-21-10-13(18)16-19-14-8-7-11(17)9-15(14)20(16)12-5-3-2-4-6-12/h2-9,13H,10,18H2,1H3. The summed E-state index contributed by atoms with van der Waals surface area (Å²) in [7, 11) is 1.59. The third-order valence-electron chi connectivity index (χ3n) is 3.33. The number of ether oxygens (including phenoxy) is 1. The van der Waals surface area contributed by atoms with E-state index in [2.05, 4.69) is 4.98 Å². The van der Waals surface area contributed by atoms with E-state index in [0.717, 1.165) is 5.69 Å². The molecule has 1 heterocycles. The molecule has 0 aliphatic heterocycles. The van der Waals surface area contributed by atoms with Crippen molar-refractivity contribution in [1.82, 2.24) is 9.55 Å². The van der Waals surface area contributed by atoms with Crippen LogP contribution < -0.4 is 5.73 Å². The van der Waals surface area contributed by atoms with Crippen molar-refractivity contribution in [2.24, 2.45) is 5.73 Å². The zero-order valence-electron chi connectivity index (χ0n) is 11.7. The van der Waals surface area contributed by atoms with Crippen molar-refractivity contribution >= 4 is 11.0 Å². The lowest BCUT2D eigenvalue weighted by Crippen LogP contribution is -2.20. The number of nitrogens with two attached hydrogens (primary N) is 1. The Balaban J connectivity index is 2.26. The molecule has 2 N–H and O–H groups in total. The van der Waals surface area contributed by atoms with Crippen molar-refractivity contribution in [3.63, 3.8) is 0 Å². The molecule has 4 nitrogen and oxygen atoms in total. The summed E-state index contributed by atoms with van der Waals surface area (Å²) in [5.74, 6) is 0.357. The minimum Gasteiger partial charge on any atom is -0.383 e. The fraction of sp³-hybridized carbons (Fsp3) is 0.188. The van der Waals surface area contributed by atoms with Crippen molar-refractivity contribution in [3.05, 3.63) is 60.2 Å². The van der Waals surface area contributed by atoms with E-state index in [1.54, 1.807) is 13.2 Å². The normalized spacial score (nSPS) is 12.7. The fourth-order valence-corrected chi connectivity index (χ4v) is 2.42. The van der Waals surface area contributed by atoms with Gasteiger partial charge in [-0.2, -0.15) is 0 Å². The molecule has 0 saturated heterocycles. The number of aromatic nitrogens is 2. The molecule has 0 aliphatic carbocycles. The molecule has 0 amide bonds. The Bertz CT molecular complexity index is 755. The number of methoxy groups -OCH3 is 1. The first-order valence-electron chi connectivity index (χ1n) is 6.68. The van der Waals surface area contributed by atoms with Crippen LogP contribution in [-0.2, 0) is 4.74 Å². The van der Waals surface area contributed by atoms with Gasteiger partial charge in [-0.25, -0.2) is 9.37 Å². The van der Waals surface area contributed by atoms with Crippen LogP contribution in [0.5, 0.6) is 0 Å². The lowest BCUT2D eigenvalue weighted by atomic mass is 10.2. The van der Waals surface area contributed by atoms with Gasteiger partial charge < -0.3 is 10.5 Å². The number of hydrogen-bond acceptors (Lipinski definition) is 3. The maximum absolute atomic E-state index is 13.6. The molecule has 3 aromatic rings. The van der Waals surface area contributed by atoms with Gasteiger partial charge in [-0.3, -0.25) is 4.57 Å². The number of halogens is 1. The maximum Gasteiger partial charge on any atom is 0.133 e. The number of imidazole rings is 1. The Morgan fingerprint density at radius 3 is 2.71 bits per heavy atom. The lowest BCUT2D eigenvalue weighted by molar-refractivity contribution is 0.178.